The number of alkyl halides is 1. The molecule has 2 aliphatic carbocycles. The monoisotopic (exact) mass is 360 g/mol. The summed E-state index contributed by atoms with van der Waals surface area (Å²) in [5.74, 6) is 0.279. The van der Waals surface area contributed by atoms with Crippen LogP contribution in [0, 0.1) is 22.7 Å². The molecule has 5 atom stereocenters. The van der Waals surface area contributed by atoms with Gasteiger partial charge in [-0.15, -0.1) is 0 Å². The first-order chi connectivity index (χ1) is 9.52. The Morgan fingerprint density at radius 3 is 2.43 bits per heavy atom. The van der Waals surface area contributed by atoms with E-state index in [2.05, 4.69) is 36.7 Å². The van der Waals surface area contributed by atoms with Crippen LogP contribution < -0.4 is 0 Å². The zero-order valence-corrected chi connectivity index (χ0v) is 15.5. The van der Waals surface area contributed by atoms with Gasteiger partial charge in [0.25, 0.3) is 0 Å². The second-order valence-corrected chi connectivity index (χ2v) is 9.24. The molecular formula is C17H29BrO3. The van der Waals surface area contributed by atoms with Gasteiger partial charge in [-0.05, 0) is 49.4 Å². The lowest BCUT2D eigenvalue weighted by atomic mass is 9.46. The van der Waals surface area contributed by atoms with Gasteiger partial charge in [0, 0.05) is 17.7 Å². The van der Waals surface area contributed by atoms with Gasteiger partial charge >= 0.3 is 5.97 Å². The zero-order chi connectivity index (χ0) is 16.1. The van der Waals surface area contributed by atoms with E-state index in [1.54, 1.807) is 0 Å². The third-order valence-electron chi connectivity index (χ3n) is 6.38. The number of carbonyl (C=O) groups is 1. The largest absolute Gasteiger partial charge is 0.465 e. The molecule has 0 radical (unpaired) electrons. The first-order valence-corrected chi connectivity index (χ1v) is 8.93. The van der Waals surface area contributed by atoms with Crippen LogP contribution in [-0.2, 0) is 9.53 Å². The van der Waals surface area contributed by atoms with Crippen molar-refractivity contribution >= 4 is 21.9 Å². The molecule has 0 unspecified atom stereocenters. The highest BCUT2D eigenvalue weighted by atomic mass is 79.9. The lowest BCUT2D eigenvalue weighted by molar-refractivity contribution is -0.186. The van der Waals surface area contributed by atoms with Gasteiger partial charge in [0.15, 0.2) is 0 Å². The number of hydrogen-bond donors (Lipinski definition) is 1. The van der Waals surface area contributed by atoms with E-state index in [-0.39, 0.29) is 22.7 Å². The average Bonchev–Trinajstić information content (AvgIpc) is 2.32. The van der Waals surface area contributed by atoms with Crippen LogP contribution in [0.3, 0.4) is 0 Å². The third-order valence-corrected chi connectivity index (χ3v) is 8.01. The van der Waals surface area contributed by atoms with Crippen molar-refractivity contribution in [1.82, 2.24) is 0 Å². The van der Waals surface area contributed by atoms with Crippen molar-refractivity contribution in [3.63, 3.8) is 0 Å². The Balaban J connectivity index is 2.33. The van der Waals surface area contributed by atoms with Crippen LogP contribution in [0.4, 0.5) is 0 Å². The van der Waals surface area contributed by atoms with Crippen LogP contribution in [0.15, 0.2) is 0 Å². The summed E-state index contributed by atoms with van der Waals surface area (Å²) in [6.45, 7) is 10.6. The Labute approximate surface area is 137 Å². The molecule has 0 amide bonds. The number of hydrogen-bond acceptors (Lipinski definition) is 3. The number of aliphatic hydroxyl groups is 1. The average molecular weight is 361 g/mol. The normalized spacial score (nSPS) is 45.8. The van der Waals surface area contributed by atoms with Gasteiger partial charge in [0.2, 0.25) is 0 Å². The lowest BCUT2D eigenvalue weighted by Gasteiger charge is -2.62. The molecule has 2 rings (SSSR count). The zero-order valence-electron chi connectivity index (χ0n) is 13.9. The molecule has 2 aliphatic rings. The summed E-state index contributed by atoms with van der Waals surface area (Å²) in [4.78, 5) is 11.7. The van der Waals surface area contributed by atoms with Crippen molar-refractivity contribution in [2.24, 2.45) is 22.7 Å². The molecule has 0 spiro atoms. The molecule has 3 nitrogen and oxygen atoms in total. The number of esters is 1. The van der Waals surface area contributed by atoms with Crippen molar-refractivity contribution < 1.29 is 14.6 Å². The van der Waals surface area contributed by atoms with Crippen LogP contribution in [-0.4, -0.2) is 28.1 Å². The molecular weight excluding hydrogens is 332 g/mol. The summed E-state index contributed by atoms with van der Waals surface area (Å²) in [6.07, 6.45) is 3.99. The molecule has 122 valence electrons. The maximum atomic E-state index is 11.2. The molecule has 0 heterocycles. The van der Waals surface area contributed by atoms with E-state index in [0.717, 1.165) is 25.7 Å². The number of fused-ring (bicyclic) bond motifs is 1. The van der Waals surface area contributed by atoms with Crippen LogP contribution in [0.5, 0.6) is 0 Å². The second-order valence-electron chi connectivity index (χ2n) is 8.14. The van der Waals surface area contributed by atoms with E-state index in [0.29, 0.717) is 17.4 Å². The van der Waals surface area contributed by atoms with Gasteiger partial charge < -0.3 is 9.84 Å². The minimum Gasteiger partial charge on any atom is -0.465 e. The van der Waals surface area contributed by atoms with Gasteiger partial charge in [-0.2, -0.15) is 0 Å². The maximum Gasteiger partial charge on any atom is 0.302 e. The Morgan fingerprint density at radius 2 is 1.86 bits per heavy atom. The number of rotatable bonds is 2. The van der Waals surface area contributed by atoms with Crippen LogP contribution in [0.2, 0.25) is 0 Å². The Morgan fingerprint density at radius 1 is 1.24 bits per heavy atom. The Hall–Kier alpha value is -0.0900. The summed E-state index contributed by atoms with van der Waals surface area (Å²) in [5.41, 5.74) is -0.543. The first-order valence-electron chi connectivity index (χ1n) is 8.01. The summed E-state index contributed by atoms with van der Waals surface area (Å²) >= 11 is 3.86. The smallest absolute Gasteiger partial charge is 0.302 e. The highest BCUT2D eigenvalue weighted by Crippen LogP contribution is 2.63. The predicted molar refractivity (Wildman–Crippen MR) is 87.3 cm³/mol. The van der Waals surface area contributed by atoms with Crippen molar-refractivity contribution in [3.05, 3.63) is 0 Å². The van der Waals surface area contributed by atoms with Crippen LogP contribution in [0.25, 0.3) is 0 Å². The number of carbonyl (C=O) groups excluding carboxylic acids is 1. The van der Waals surface area contributed by atoms with Gasteiger partial charge in [-0.3, -0.25) is 4.79 Å². The van der Waals surface area contributed by atoms with Gasteiger partial charge in [-0.1, -0.05) is 36.7 Å². The maximum absolute atomic E-state index is 11.2. The summed E-state index contributed by atoms with van der Waals surface area (Å²) in [5, 5.41) is 10.9. The Bertz CT molecular complexity index is 418. The van der Waals surface area contributed by atoms with Gasteiger partial charge in [0.05, 0.1) is 12.2 Å². The second kappa shape index (κ2) is 5.52. The molecule has 0 aromatic carbocycles. The topological polar surface area (TPSA) is 46.5 Å². The standard InChI is InChI=1S/C17H29BrO3/c1-11(19)21-10-13-16(4)8-7-14(18)15(2,3)12(16)6-9-17(13,5)20/h12-14,20H,6-10H2,1-5H3/t12-,13-,14-,16-,17+/m0/s1. The molecule has 2 fully saturated rings. The van der Waals surface area contributed by atoms with Gasteiger partial charge in [-0.25, -0.2) is 0 Å². The van der Waals surface area contributed by atoms with Crippen molar-refractivity contribution in [1.29, 1.82) is 0 Å². The minimum absolute atomic E-state index is 0.00641. The molecule has 4 heteroatoms. The predicted octanol–water partition coefficient (Wildman–Crippen LogP) is 3.92. The fourth-order valence-electron chi connectivity index (χ4n) is 5.06. The van der Waals surface area contributed by atoms with Crippen molar-refractivity contribution in [3.8, 4) is 0 Å². The van der Waals surface area contributed by atoms with E-state index in [4.69, 9.17) is 4.74 Å². The molecule has 0 saturated heterocycles. The summed E-state index contributed by atoms with van der Waals surface area (Å²) < 4.78 is 5.32. The quantitative estimate of drug-likeness (QED) is 0.599. The Kier molecular flexibility index (Phi) is 4.54. The van der Waals surface area contributed by atoms with Crippen molar-refractivity contribution in [2.75, 3.05) is 6.61 Å². The van der Waals surface area contributed by atoms with E-state index in [9.17, 15) is 9.90 Å². The lowest BCUT2D eigenvalue weighted by Crippen LogP contribution is -2.61. The van der Waals surface area contributed by atoms with E-state index in [1.165, 1.54) is 6.92 Å². The van der Waals surface area contributed by atoms with Gasteiger partial charge in [0.1, 0.15) is 0 Å². The molecule has 0 aliphatic heterocycles. The third kappa shape index (κ3) is 2.90. The highest BCUT2D eigenvalue weighted by molar-refractivity contribution is 9.09. The van der Waals surface area contributed by atoms with Crippen LogP contribution >= 0.6 is 15.9 Å². The first kappa shape index (κ1) is 17.3. The number of halogens is 1. The van der Waals surface area contributed by atoms with Crippen molar-refractivity contribution in [2.45, 2.75) is 70.7 Å². The molecule has 0 bridgehead atoms. The molecule has 2 saturated carbocycles. The summed E-state index contributed by atoms with van der Waals surface area (Å²) in [7, 11) is 0. The summed E-state index contributed by atoms with van der Waals surface area (Å²) in [6, 6.07) is 0. The van der Waals surface area contributed by atoms with E-state index < -0.39 is 5.60 Å². The highest BCUT2D eigenvalue weighted by Gasteiger charge is 2.60. The molecule has 1 N–H and O–H groups in total. The number of ether oxygens (including phenoxy) is 1. The molecule has 21 heavy (non-hydrogen) atoms. The molecule has 0 aromatic heterocycles. The fourth-order valence-corrected chi connectivity index (χ4v) is 5.61. The molecule has 0 aromatic rings. The van der Waals surface area contributed by atoms with E-state index >= 15 is 0 Å². The minimum atomic E-state index is -0.754. The fraction of sp³-hybridized carbons (Fsp3) is 0.941. The SMILES string of the molecule is CC(=O)OC[C@H]1[C@@]2(C)CC[C@H](Br)C(C)(C)[C@@H]2CC[C@@]1(C)O. The van der Waals surface area contributed by atoms with Crippen LogP contribution in [0.1, 0.15) is 60.3 Å². The van der Waals surface area contributed by atoms with E-state index in [1.807, 2.05) is 6.92 Å².